The van der Waals surface area contributed by atoms with E-state index in [-0.39, 0.29) is 35.8 Å². The number of aromatic nitrogens is 1. The second-order valence-electron chi connectivity index (χ2n) is 9.23. The second kappa shape index (κ2) is 11.6. The van der Waals surface area contributed by atoms with Crippen molar-refractivity contribution in [2.75, 3.05) is 20.3 Å². The van der Waals surface area contributed by atoms with Crippen LogP contribution in [0.3, 0.4) is 0 Å². The van der Waals surface area contributed by atoms with Crippen molar-refractivity contribution < 1.29 is 32.6 Å². The Labute approximate surface area is 208 Å². The number of likely N-dealkylation sites (tertiary alicyclic amines) is 1. The van der Waals surface area contributed by atoms with Crippen LogP contribution in [0, 0.1) is 5.92 Å². The zero-order chi connectivity index (χ0) is 25.7. The third kappa shape index (κ3) is 6.69. The number of hydrogen-bond acceptors (Lipinski definition) is 6. The Bertz CT molecular complexity index is 1080. The molecule has 8 nitrogen and oxygen atoms in total. The van der Waals surface area contributed by atoms with Crippen molar-refractivity contribution in [2.24, 2.45) is 5.92 Å². The average molecular weight is 504 g/mol. The highest BCUT2D eigenvalue weighted by molar-refractivity contribution is 5.87. The predicted molar refractivity (Wildman–Crippen MR) is 127 cm³/mol. The molecule has 1 N–H and O–H groups in total. The lowest BCUT2D eigenvalue weighted by atomic mass is 9.95. The fraction of sp³-hybridized carbons (Fsp3) is 0.500. The van der Waals surface area contributed by atoms with Gasteiger partial charge in [0.25, 0.3) is 0 Å². The maximum atomic E-state index is 13.1. The maximum Gasteiger partial charge on any atom is 0.387 e. The highest BCUT2D eigenvalue weighted by Crippen LogP contribution is 2.39. The average Bonchev–Trinajstić information content (AvgIpc) is 3.57. The number of alkyl halides is 2. The molecule has 1 saturated carbocycles. The first-order chi connectivity index (χ1) is 17.3. The molecule has 0 bridgehead atoms. The molecule has 2 amide bonds. The van der Waals surface area contributed by atoms with Crippen molar-refractivity contribution in [1.82, 2.24) is 15.2 Å². The third-order valence-electron chi connectivity index (χ3n) is 6.44. The minimum atomic E-state index is -2.96. The maximum absolute atomic E-state index is 13.1. The number of pyridine rings is 1. The summed E-state index contributed by atoms with van der Waals surface area (Å²) in [7, 11) is 1.59. The van der Waals surface area contributed by atoms with Gasteiger partial charge in [-0.1, -0.05) is 12.1 Å². The largest absolute Gasteiger partial charge is 0.489 e. The van der Waals surface area contributed by atoms with E-state index in [2.05, 4.69) is 15.0 Å². The quantitative estimate of drug-likeness (QED) is 0.504. The number of ether oxygens (including phenoxy) is 3. The molecule has 194 valence electrons. The number of nitrogens with zero attached hydrogens (tertiary/aromatic N) is 2. The SMILES string of the molecule is COCc1cccc(CNC(=O)[C@H]2CC(c3ccc(OC(F)F)c(OCC4CC4)c3)CN2C(C)=O)n1. The molecule has 2 aromatic rings. The van der Waals surface area contributed by atoms with E-state index in [9.17, 15) is 18.4 Å². The van der Waals surface area contributed by atoms with E-state index in [1.807, 2.05) is 18.2 Å². The lowest BCUT2D eigenvalue weighted by Gasteiger charge is -2.22. The molecule has 2 heterocycles. The first-order valence-corrected chi connectivity index (χ1v) is 12.0. The summed E-state index contributed by atoms with van der Waals surface area (Å²) in [5, 5.41) is 2.88. The zero-order valence-corrected chi connectivity index (χ0v) is 20.4. The summed E-state index contributed by atoms with van der Waals surface area (Å²) in [6, 6.07) is 9.70. The van der Waals surface area contributed by atoms with Gasteiger partial charge in [-0.3, -0.25) is 14.6 Å². The minimum Gasteiger partial charge on any atom is -0.489 e. The predicted octanol–water partition coefficient (Wildman–Crippen LogP) is 3.64. The van der Waals surface area contributed by atoms with Crippen LogP contribution in [-0.4, -0.2) is 54.6 Å². The van der Waals surface area contributed by atoms with E-state index in [0.29, 0.717) is 37.8 Å². The van der Waals surface area contributed by atoms with Crippen molar-refractivity contribution in [1.29, 1.82) is 0 Å². The number of rotatable bonds is 11. The summed E-state index contributed by atoms with van der Waals surface area (Å²) in [4.78, 5) is 31.4. The molecule has 36 heavy (non-hydrogen) atoms. The Morgan fingerprint density at radius 1 is 1.17 bits per heavy atom. The number of halogens is 2. The molecular weight excluding hydrogens is 472 g/mol. The van der Waals surface area contributed by atoms with Crippen LogP contribution in [0.2, 0.25) is 0 Å². The minimum absolute atomic E-state index is 0.0201. The standard InChI is InChI=1S/C26H31F2N3O5/c1-16(32)31-13-19(10-22(31)25(33)29-12-20-4-3-5-21(30-20)15-34-2)18-8-9-23(36-26(27)28)24(11-18)35-14-17-6-7-17/h3-5,8-9,11,17,19,22,26H,6-7,10,12-15H2,1-2H3,(H,29,33)/t19?,22-/m1/s1. The summed E-state index contributed by atoms with van der Waals surface area (Å²) in [5.41, 5.74) is 2.25. The summed E-state index contributed by atoms with van der Waals surface area (Å²) in [5.74, 6) is 0.0368. The molecule has 0 spiro atoms. The lowest BCUT2D eigenvalue weighted by molar-refractivity contribution is -0.136. The molecule has 1 aliphatic carbocycles. The van der Waals surface area contributed by atoms with Crippen molar-refractivity contribution in [3.8, 4) is 11.5 Å². The monoisotopic (exact) mass is 503 g/mol. The molecule has 1 aliphatic heterocycles. The van der Waals surface area contributed by atoms with Gasteiger partial charge in [0.15, 0.2) is 11.5 Å². The Kier molecular flexibility index (Phi) is 8.35. The number of amides is 2. The normalized spacial score (nSPS) is 19.4. The highest BCUT2D eigenvalue weighted by atomic mass is 19.3. The van der Waals surface area contributed by atoms with Crippen LogP contribution >= 0.6 is 0 Å². The molecule has 10 heteroatoms. The summed E-state index contributed by atoms with van der Waals surface area (Å²) < 4.78 is 41.3. The Balaban J connectivity index is 1.45. The van der Waals surface area contributed by atoms with Gasteiger partial charge >= 0.3 is 6.61 Å². The van der Waals surface area contributed by atoms with Crippen LogP contribution in [-0.2, 0) is 27.5 Å². The number of carbonyl (C=O) groups is 2. The molecule has 2 fully saturated rings. The van der Waals surface area contributed by atoms with E-state index >= 15 is 0 Å². The smallest absolute Gasteiger partial charge is 0.387 e. The molecule has 1 aromatic heterocycles. The zero-order valence-electron chi connectivity index (χ0n) is 20.4. The third-order valence-corrected chi connectivity index (χ3v) is 6.44. The van der Waals surface area contributed by atoms with Gasteiger partial charge in [0, 0.05) is 26.5 Å². The van der Waals surface area contributed by atoms with Crippen LogP contribution in [0.4, 0.5) is 8.78 Å². The van der Waals surface area contributed by atoms with E-state index in [0.717, 1.165) is 24.1 Å². The van der Waals surface area contributed by atoms with Crippen LogP contribution in [0.25, 0.3) is 0 Å². The first-order valence-electron chi connectivity index (χ1n) is 12.0. The fourth-order valence-corrected chi connectivity index (χ4v) is 4.40. The van der Waals surface area contributed by atoms with Crippen molar-refractivity contribution >= 4 is 11.8 Å². The Morgan fingerprint density at radius 2 is 1.94 bits per heavy atom. The van der Waals surface area contributed by atoms with Gasteiger partial charge in [-0.25, -0.2) is 0 Å². The van der Waals surface area contributed by atoms with Crippen LogP contribution in [0.15, 0.2) is 36.4 Å². The molecule has 4 rings (SSSR count). The fourth-order valence-electron chi connectivity index (χ4n) is 4.40. The van der Waals surface area contributed by atoms with Crippen molar-refractivity contribution in [3.05, 3.63) is 53.3 Å². The topological polar surface area (TPSA) is 90.0 Å². The van der Waals surface area contributed by atoms with Crippen molar-refractivity contribution in [3.63, 3.8) is 0 Å². The van der Waals surface area contributed by atoms with E-state index in [1.54, 1.807) is 24.1 Å². The first kappa shape index (κ1) is 25.8. The Hall–Kier alpha value is -3.27. The number of hydrogen-bond donors (Lipinski definition) is 1. The van der Waals surface area contributed by atoms with Crippen LogP contribution in [0.5, 0.6) is 11.5 Å². The summed E-state index contributed by atoms with van der Waals surface area (Å²) in [6.07, 6.45) is 2.52. The number of methoxy groups -OCH3 is 1. The van der Waals surface area contributed by atoms with Gasteiger partial charge in [-0.05, 0) is 55.0 Å². The van der Waals surface area contributed by atoms with Gasteiger partial charge in [0.05, 0.1) is 31.1 Å². The highest BCUT2D eigenvalue weighted by Gasteiger charge is 2.39. The molecule has 0 radical (unpaired) electrons. The van der Waals surface area contributed by atoms with E-state index < -0.39 is 12.7 Å². The number of benzene rings is 1. The van der Waals surface area contributed by atoms with Gasteiger partial charge in [0.1, 0.15) is 6.04 Å². The van der Waals surface area contributed by atoms with Gasteiger partial charge in [0.2, 0.25) is 11.8 Å². The van der Waals surface area contributed by atoms with Gasteiger partial charge in [-0.2, -0.15) is 8.78 Å². The van der Waals surface area contributed by atoms with Gasteiger partial charge in [-0.15, -0.1) is 0 Å². The lowest BCUT2D eigenvalue weighted by Crippen LogP contribution is -2.45. The van der Waals surface area contributed by atoms with Crippen molar-refractivity contribution in [2.45, 2.75) is 57.9 Å². The molecule has 1 unspecified atom stereocenters. The van der Waals surface area contributed by atoms with Gasteiger partial charge < -0.3 is 24.4 Å². The number of nitrogens with one attached hydrogen (secondary N) is 1. The van der Waals surface area contributed by atoms with Crippen LogP contribution in [0.1, 0.15) is 49.1 Å². The summed E-state index contributed by atoms with van der Waals surface area (Å²) >= 11 is 0. The summed E-state index contributed by atoms with van der Waals surface area (Å²) in [6.45, 7) is -0.150. The van der Waals surface area contributed by atoms with E-state index in [1.165, 1.54) is 13.0 Å². The second-order valence-corrected chi connectivity index (χ2v) is 9.23. The Morgan fingerprint density at radius 3 is 2.64 bits per heavy atom. The molecular formula is C26H31F2N3O5. The molecule has 1 saturated heterocycles. The molecule has 1 aromatic carbocycles. The number of carbonyl (C=O) groups excluding carboxylic acids is 2. The molecule has 2 aliphatic rings. The molecule has 2 atom stereocenters. The van der Waals surface area contributed by atoms with E-state index in [4.69, 9.17) is 9.47 Å². The van der Waals surface area contributed by atoms with Crippen LogP contribution < -0.4 is 14.8 Å².